The van der Waals surface area contributed by atoms with E-state index in [1.54, 1.807) is 0 Å². The smallest absolute Gasteiger partial charge is 0.306 e. The fraction of sp³-hybridized carbons (Fsp3) is 0.773. The van der Waals surface area contributed by atoms with E-state index in [0.29, 0.717) is 19.3 Å². The lowest BCUT2D eigenvalue weighted by Crippen LogP contribution is -2.30. The highest BCUT2D eigenvalue weighted by Gasteiger charge is 2.19. The van der Waals surface area contributed by atoms with Gasteiger partial charge >= 0.3 is 17.9 Å². The monoisotopic (exact) mass is 1000 g/mol. The summed E-state index contributed by atoms with van der Waals surface area (Å²) in [5.74, 6) is -0.879. The van der Waals surface area contributed by atoms with Crippen LogP contribution in [0.15, 0.2) is 72.9 Å². The minimum absolute atomic E-state index is 0.0778. The van der Waals surface area contributed by atoms with Gasteiger partial charge in [-0.1, -0.05) is 280 Å². The van der Waals surface area contributed by atoms with E-state index in [2.05, 4.69) is 93.7 Å². The van der Waals surface area contributed by atoms with Crippen molar-refractivity contribution in [1.82, 2.24) is 0 Å². The van der Waals surface area contributed by atoms with Crippen LogP contribution in [0.3, 0.4) is 0 Å². The highest BCUT2D eigenvalue weighted by molar-refractivity contribution is 5.71. The lowest BCUT2D eigenvalue weighted by Gasteiger charge is -2.18. The summed E-state index contributed by atoms with van der Waals surface area (Å²) in [7, 11) is 0. The van der Waals surface area contributed by atoms with Crippen LogP contribution in [-0.4, -0.2) is 37.2 Å². The standard InChI is InChI=1S/C66H116O6/c1-4-7-10-13-16-19-22-25-28-29-30-31-32-33-34-35-36-37-39-41-44-47-50-53-56-59-65(68)71-62-63(61-70-64(67)58-55-52-49-46-43-40-27-24-21-18-15-12-9-6-3)72-66(69)60-57-54-51-48-45-42-38-26-23-20-17-14-11-8-5-2/h7,10,15-16,18-19,24-25,27-28,30-31,63H,4-6,8-9,11-14,17,20-23,26,29,32-62H2,1-3H3/b10-7-,18-15-,19-16-,27-24-,28-25-,31-30-. The van der Waals surface area contributed by atoms with Crippen molar-refractivity contribution in [2.24, 2.45) is 0 Å². The summed E-state index contributed by atoms with van der Waals surface area (Å²) in [5, 5.41) is 0. The van der Waals surface area contributed by atoms with Crippen LogP contribution >= 0.6 is 0 Å². The molecule has 0 amide bonds. The van der Waals surface area contributed by atoms with Crippen LogP contribution in [-0.2, 0) is 28.6 Å². The Morgan fingerprint density at radius 3 is 0.889 bits per heavy atom. The average Bonchev–Trinajstić information content (AvgIpc) is 3.38. The maximum absolute atomic E-state index is 12.9. The number of carbonyl (C=O) groups excluding carboxylic acids is 3. The van der Waals surface area contributed by atoms with Gasteiger partial charge in [0.1, 0.15) is 13.2 Å². The molecule has 0 aliphatic carbocycles. The summed E-state index contributed by atoms with van der Waals surface area (Å²) in [4.78, 5) is 38.2. The molecule has 0 saturated heterocycles. The fourth-order valence-electron chi connectivity index (χ4n) is 8.81. The molecule has 6 nitrogen and oxygen atoms in total. The van der Waals surface area contributed by atoms with Crippen LogP contribution in [0.5, 0.6) is 0 Å². The minimum atomic E-state index is -0.780. The molecule has 416 valence electrons. The van der Waals surface area contributed by atoms with Crippen molar-refractivity contribution in [3.63, 3.8) is 0 Å². The zero-order valence-electron chi connectivity index (χ0n) is 47.7. The van der Waals surface area contributed by atoms with Gasteiger partial charge in [0, 0.05) is 19.3 Å². The summed E-state index contributed by atoms with van der Waals surface area (Å²) >= 11 is 0. The molecule has 0 saturated carbocycles. The Bertz CT molecular complexity index is 1340. The molecule has 0 heterocycles. The third-order valence-corrected chi connectivity index (χ3v) is 13.4. The Morgan fingerprint density at radius 1 is 0.292 bits per heavy atom. The fourth-order valence-corrected chi connectivity index (χ4v) is 8.81. The van der Waals surface area contributed by atoms with Gasteiger partial charge in [-0.3, -0.25) is 14.4 Å². The van der Waals surface area contributed by atoms with Gasteiger partial charge in [-0.05, 0) is 83.5 Å². The molecule has 72 heavy (non-hydrogen) atoms. The molecular weight excluding hydrogens is 889 g/mol. The van der Waals surface area contributed by atoms with Crippen molar-refractivity contribution >= 4 is 17.9 Å². The van der Waals surface area contributed by atoms with Crippen molar-refractivity contribution in [3.8, 4) is 0 Å². The predicted molar refractivity (Wildman–Crippen MR) is 311 cm³/mol. The van der Waals surface area contributed by atoms with E-state index >= 15 is 0 Å². The van der Waals surface area contributed by atoms with Crippen molar-refractivity contribution in [3.05, 3.63) is 72.9 Å². The lowest BCUT2D eigenvalue weighted by molar-refractivity contribution is -0.167. The first-order valence-corrected chi connectivity index (χ1v) is 30.9. The number of rotatable bonds is 56. The molecule has 0 aliphatic heterocycles. The van der Waals surface area contributed by atoms with E-state index in [4.69, 9.17) is 14.2 Å². The maximum atomic E-state index is 12.9. The van der Waals surface area contributed by atoms with Gasteiger partial charge < -0.3 is 14.2 Å². The third kappa shape index (κ3) is 57.7. The van der Waals surface area contributed by atoms with Crippen molar-refractivity contribution < 1.29 is 28.6 Å². The lowest BCUT2D eigenvalue weighted by atomic mass is 10.0. The number of hydrogen-bond acceptors (Lipinski definition) is 6. The van der Waals surface area contributed by atoms with Gasteiger partial charge in [0.05, 0.1) is 0 Å². The molecule has 6 heteroatoms. The van der Waals surface area contributed by atoms with Gasteiger partial charge in [0.15, 0.2) is 6.10 Å². The molecule has 0 spiro atoms. The first-order valence-electron chi connectivity index (χ1n) is 30.9. The SMILES string of the molecule is CC/C=C\C/C=C\C/C=C\C/C=C\CCCCCCCCCCCCCCC(=O)OCC(COC(=O)CCCCCCC/C=C\C/C=C\CCCC)OC(=O)CCCCCCCCCCCCCCCCC. The Hall–Kier alpha value is -3.15. The number of carbonyl (C=O) groups is 3. The summed E-state index contributed by atoms with van der Waals surface area (Å²) in [6.07, 6.45) is 77.6. The first kappa shape index (κ1) is 68.8. The summed E-state index contributed by atoms with van der Waals surface area (Å²) in [6, 6.07) is 0. The van der Waals surface area contributed by atoms with E-state index in [1.165, 1.54) is 167 Å². The van der Waals surface area contributed by atoms with Crippen LogP contribution in [0, 0.1) is 0 Å². The number of hydrogen-bond donors (Lipinski definition) is 0. The van der Waals surface area contributed by atoms with Gasteiger partial charge in [-0.2, -0.15) is 0 Å². The molecule has 0 aromatic carbocycles. The van der Waals surface area contributed by atoms with Gasteiger partial charge in [-0.25, -0.2) is 0 Å². The Balaban J connectivity index is 4.29. The van der Waals surface area contributed by atoms with Crippen LogP contribution in [0.2, 0.25) is 0 Å². The van der Waals surface area contributed by atoms with E-state index in [1.807, 2.05) is 0 Å². The van der Waals surface area contributed by atoms with Gasteiger partial charge in [0.25, 0.3) is 0 Å². The minimum Gasteiger partial charge on any atom is -0.462 e. The van der Waals surface area contributed by atoms with Crippen molar-refractivity contribution in [1.29, 1.82) is 0 Å². The largest absolute Gasteiger partial charge is 0.462 e. The molecule has 0 N–H and O–H groups in total. The molecule has 0 bridgehead atoms. The van der Waals surface area contributed by atoms with Crippen LogP contribution in [0.25, 0.3) is 0 Å². The highest BCUT2D eigenvalue weighted by atomic mass is 16.6. The Morgan fingerprint density at radius 2 is 0.556 bits per heavy atom. The highest BCUT2D eigenvalue weighted by Crippen LogP contribution is 2.17. The van der Waals surface area contributed by atoms with E-state index in [-0.39, 0.29) is 31.1 Å². The number of allylic oxidation sites excluding steroid dienone is 12. The molecule has 1 unspecified atom stereocenters. The summed E-state index contributed by atoms with van der Waals surface area (Å²) in [6.45, 7) is 6.51. The van der Waals surface area contributed by atoms with E-state index in [9.17, 15) is 14.4 Å². The van der Waals surface area contributed by atoms with Crippen LogP contribution < -0.4 is 0 Å². The second kappa shape index (κ2) is 60.4. The van der Waals surface area contributed by atoms with Crippen molar-refractivity contribution in [2.75, 3.05) is 13.2 Å². The summed E-state index contributed by atoms with van der Waals surface area (Å²) < 4.78 is 16.9. The molecule has 0 aromatic heterocycles. The number of ether oxygens (including phenoxy) is 3. The zero-order chi connectivity index (χ0) is 52.2. The molecule has 0 radical (unpaired) electrons. The topological polar surface area (TPSA) is 78.9 Å². The predicted octanol–water partition coefficient (Wildman–Crippen LogP) is 20.9. The first-order chi connectivity index (χ1) is 35.5. The molecular formula is C66H116O6. The van der Waals surface area contributed by atoms with Gasteiger partial charge in [-0.15, -0.1) is 0 Å². The van der Waals surface area contributed by atoms with E-state index in [0.717, 1.165) is 103 Å². The quantitative estimate of drug-likeness (QED) is 0.0261. The molecule has 0 fully saturated rings. The maximum Gasteiger partial charge on any atom is 0.306 e. The van der Waals surface area contributed by atoms with E-state index < -0.39 is 6.10 Å². The second-order valence-electron chi connectivity index (χ2n) is 20.6. The number of esters is 3. The van der Waals surface area contributed by atoms with Crippen LogP contribution in [0.4, 0.5) is 0 Å². The Labute approximate surface area is 446 Å². The molecule has 1 atom stereocenters. The third-order valence-electron chi connectivity index (χ3n) is 13.4. The molecule has 0 aliphatic rings. The van der Waals surface area contributed by atoms with Gasteiger partial charge in [0.2, 0.25) is 0 Å². The van der Waals surface area contributed by atoms with Crippen molar-refractivity contribution in [2.45, 2.75) is 316 Å². The number of unbranched alkanes of at least 4 members (excludes halogenated alkanes) is 33. The Kier molecular flexibility index (Phi) is 57.8. The second-order valence-corrected chi connectivity index (χ2v) is 20.6. The zero-order valence-corrected chi connectivity index (χ0v) is 47.7. The van der Waals surface area contributed by atoms with Crippen LogP contribution in [0.1, 0.15) is 310 Å². The summed E-state index contributed by atoms with van der Waals surface area (Å²) in [5.41, 5.74) is 0. The average molecular weight is 1010 g/mol. The normalized spacial score (nSPS) is 12.5. The molecule has 0 rings (SSSR count). The molecule has 0 aromatic rings.